The van der Waals surface area contributed by atoms with Gasteiger partial charge in [0.05, 0.1) is 17.6 Å². The highest BCUT2D eigenvalue weighted by Crippen LogP contribution is 2.25. The second-order valence-electron chi connectivity index (χ2n) is 7.69. The summed E-state index contributed by atoms with van der Waals surface area (Å²) >= 11 is 1.63. The molecule has 5 heteroatoms. The first-order valence-electron chi connectivity index (χ1n) is 9.90. The molecule has 0 saturated heterocycles. The topological polar surface area (TPSA) is 42.5 Å². The predicted molar refractivity (Wildman–Crippen MR) is 117 cm³/mol. The number of benzene rings is 1. The van der Waals surface area contributed by atoms with Gasteiger partial charge >= 0.3 is 0 Å². The molecule has 0 atom stereocenters. The molecule has 0 unspecified atom stereocenters. The fraction of sp³-hybridized carbons (Fsp3) is 0.348. The van der Waals surface area contributed by atoms with Gasteiger partial charge in [0.25, 0.3) is 0 Å². The lowest BCUT2D eigenvalue weighted by Gasteiger charge is -2.19. The second-order valence-corrected chi connectivity index (χ2v) is 8.52. The van der Waals surface area contributed by atoms with Crippen molar-refractivity contribution >= 4 is 22.7 Å². The van der Waals surface area contributed by atoms with Gasteiger partial charge in [0.15, 0.2) is 0 Å². The van der Waals surface area contributed by atoms with Gasteiger partial charge in [-0.1, -0.05) is 19.1 Å². The quantitative estimate of drug-likeness (QED) is 0.551. The van der Waals surface area contributed by atoms with Gasteiger partial charge in [0.2, 0.25) is 4.80 Å². The first-order chi connectivity index (χ1) is 13.6. The summed E-state index contributed by atoms with van der Waals surface area (Å²) in [5, 5.41) is 7.23. The lowest BCUT2D eigenvalue weighted by Crippen LogP contribution is -2.18. The maximum absolute atomic E-state index is 5.07. The molecule has 0 N–H and O–H groups in total. The van der Waals surface area contributed by atoms with Gasteiger partial charge in [0, 0.05) is 22.9 Å². The van der Waals surface area contributed by atoms with Crippen molar-refractivity contribution in [2.45, 2.75) is 46.5 Å². The Morgan fingerprint density at radius 3 is 2.64 bits per heavy atom. The van der Waals surface area contributed by atoms with Crippen LogP contribution in [0.4, 0.5) is 5.69 Å². The Labute approximate surface area is 170 Å². The average molecular weight is 391 g/mol. The minimum atomic E-state index is 0.796. The SMILES string of the molecule is Cc1ccc(-c2csc(=Nc3cccnc3)n2N=C2CCC(C)CC2)cc1C. The van der Waals surface area contributed by atoms with Crippen molar-refractivity contribution in [3.05, 3.63) is 64.0 Å². The van der Waals surface area contributed by atoms with E-state index in [2.05, 4.69) is 49.3 Å². The van der Waals surface area contributed by atoms with E-state index in [4.69, 9.17) is 10.1 Å². The monoisotopic (exact) mass is 390 g/mol. The Hall–Kier alpha value is -2.53. The molecule has 1 aromatic carbocycles. The smallest absolute Gasteiger partial charge is 0.211 e. The number of hydrogen-bond acceptors (Lipinski definition) is 4. The summed E-state index contributed by atoms with van der Waals surface area (Å²) in [6.07, 6.45) is 8.14. The second kappa shape index (κ2) is 8.23. The molecular weight excluding hydrogens is 364 g/mol. The van der Waals surface area contributed by atoms with Crippen molar-refractivity contribution in [3.63, 3.8) is 0 Å². The highest BCUT2D eigenvalue weighted by Gasteiger charge is 2.15. The fourth-order valence-corrected chi connectivity index (χ4v) is 4.29. The highest BCUT2D eigenvalue weighted by atomic mass is 32.1. The van der Waals surface area contributed by atoms with Gasteiger partial charge in [-0.05, 0) is 74.8 Å². The zero-order valence-electron chi connectivity index (χ0n) is 16.7. The van der Waals surface area contributed by atoms with Crippen molar-refractivity contribution < 1.29 is 0 Å². The maximum Gasteiger partial charge on any atom is 0.211 e. The number of hydrogen-bond donors (Lipinski definition) is 0. The van der Waals surface area contributed by atoms with Gasteiger partial charge in [-0.2, -0.15) is 5.10 Å². The highest BCUT2D eigenvalue weighted by molar-refractivity contribution is 7.07. The lowest BCUT2D eigenvalue weighted by atomic mass is 9.90. The Morgan fingerprint density at radius 2 is 1.93 bits per heavy atom. The van der Waals surface area contributed by atoms with E-state index >= 15 is 0 Å². The van der Waals surface area contributed by atoms with Crippen molar-refractivity contribution in [2.75, 3.05) is 0 Å². The summed E-state index contributed by atoms with van der Waals surface area (Å²) in [6, 6.07) is 10.5. The van der Waals surface area contributed by atoms with Gasteiger partial charge in [-0.15, -0.1) is 11.3 Å². The molecule has 1 aliphatic rings. The molecule has 0 aliphatic heterocycles. The number of rotatable bonds is 3. The van der Waals surface area contributed by atoms with Crippen molar-refractivity contribution in [2.24, 2.45) is 16.0 Å². The molecule has 2 heterocycles. The molecule has 0 bridgehead atoms. The van der Waals surface area contributed by atoms with Crippen LogP contribution in [0, 0.1) is 19.8 Å². The van der Waals surface area contributed by atoms with E-state index in [0.29, 0.717) is 0 Å². The van der Waals surface area contributed by atoms with Gasteiger partial charge < -0.3 is 0 Å². The van der Waals surface area contributed by atoms with Gasteiger partial charge in [0.1, 0.15) is 0 Å². The van der Waals surface area contributed by atoms with Crippen molar-refractivity contribution in [1.29, 1.82) is 0 Å². The molecular formula is C23H26N4S. The van der Waals surface area contributed by atoms with Crippen LogP contribution in [-0.4, -0.2) is 15.4 Å². The zero-order chi connectivity index (χ0) is 19.5. The molecule has 0 spiro atoms. The first kappa shape index (κ1) is 18.8. The first-order valence-corrected chi connectivity index (χ1v) is 10.8. The van der Waals surface area contributed by atoms with Crippen LogP contribution in [0.3, 0.4) is 0 Å². The van der Waals surface area contributed by atoms with E-state index in [1.807, 2.05) is 16.8 Å². The number of aryl methyl sites for hydroxylation is 2. The van der Waals surface area contributed by atoms with Gasteiger partial charge in [-0.3, -0.25) is 4.98 Å². The van der Waals surface area contributed by atoms with Crippen molar-refractivity contribution in [1.82, 2.24) is 9.66 Å². The number of thiazole rings is 1. The van der Waals surface area contributed by atoms with E-state index in [1.165, 1.54) is 35.2 Å². The Balaban J connectivity index is 1.83. The minimum absolute atomic E-state index is 0.796. The lowest BCUT2D eigenvalue weighted by molar-refractivity contribution is 0.481. The molecule has 2 aromatic heterocycles. The number of aromatic nitrogens is 2. The summed E-state index contributed by atoms with van der Waals surface area (Å²) in [7, 11) is 0. The molecule has 0 amide bonds. The predicted octanol–water partition coefficient (Wildman–Crippen LogP) is 5.88. The molecule has 4 rings (SSSR count). The van der Waals surface area contributed by atoms with E-state index in [-0.39, 0.29) is 0 Å². The van der Waals surface area contributed by atoms with Crippen LogP contribution < -0.4 is 4.80 Å². The Kier molecular flexibility index (Phi) is 5.53. The number of nitrogens with zero attached hydrogens (tertiary/aromatic N) is 4. The Bertz CT molecular complexity index is 1050. The van der Waals surface area contributed by atoms with Crippen LogP contribution in [0.5, 0.6) is 0 Å². The summed E-state index contributed by atoms with van der Waals surface area (Å²) in [5.74, 6) is 0.796. The summed E-state index contributed by atoms with van der Waals surface area (Å²) < 4.78 is 2.03. The third kappa shape index (κ3) is 4.14. The van der Waals surface area contributed by atoms with E-state index in [9.17, 15) is 0 Å². The van der Waals surface area contributed by atoms with Crippen LogP contribution in [0.15, 0.2) is 58.2 Å². The maximum atomic E-state index is 5.07. The molecule has 4 nitrogen and oxygen atoms in total. The van der Waals surface area contributed by atoms with Crippen LogP contribution >= 0.6 is 11.3 Å². The Morgan fingerprint density at radius 1 is 1.11 bits per heavy atom. The third-order valence-electron chi connectivity index (χ3n) is 5.45. The van der Waals surface area contributed by atoms with E-state index < -0.39 is 0 Å². The van der Waals surface area contributed by atoms with Crippen LogP contribution in [0.25, 0.3) is 11.3 Å². The molecule has 144 valence electrons. The molecule has 1 saturated carbocycles. The van der Waals surface area contributed by atoms with Crippen LogP contribution in [0.1, 0.15) is 43.7 Å². The van der Waals surface area contributed by atoms with Crippen LogP contribution in [-0.2, 0) is 0 Å². The van der Waals surface area contributed by atoms with Crippen LogP contribution in [0.2, 0.25) is 0 Å². The third-order valence-corrected chi connectivity index (χ3v) is 6.27. The van der Waals surface area contributed by atoms with E-state index in [0.717, 1.165) is 34.9 Å². The summed E-state index contributed by atoms with van der Waals surface area (Å²) in [6.45, 7) is 6.64. The summed E-state index contributed by atoms with van der Waals surface area (Å²) in [5.41, 5.74) is 7.00. The minimum Gasteiger partial charge on any atom is -0.262 e. The average Bonchev–Trinajstić information content (AvgIpc) is 3.09. The largest absolute Gasteiger partial charge is 0.262 e. The zero-order valence-corrected chi connectivity index (χ0v) is 17.5. The molecule has 0 radical (unpaired) electrons. The normalized spacial score (nSPS) is 17.8. The molecule has 1 aliphatic carbocycles. The standard InChI is InChI=1S/C23H26N4S/c1-16-6-10-20(11-7-16)26-27-22(19-9-8-17(2)18(3)13-19)15-28-23(27)25-21-5-4-12-24-14-21/h4-5,8-9,12-16H,6-7,10-11H2,1-3H3. The van der Waals surface area contributed by atoms with Gasteiger partial charge in [-0.25, -0.2) is 9.67 Å². The summed E-state index contributed by atoms with van der Waals surface area (Å²) in [4.78, 5) is 9.89. The molecule has 3 aromatic rings. The molecule has 1 fully saturated rings. The fourth-order valence-electron chi connectivity index (χ4n) is 3.44. The molecule has 28 heavy (non-hydrogen) atoms. The number of pyridine rings is 1. The van der Waals surface area contributed by atoms with E-state index in [1.54, 1.807) is 23.7 Å². The van der Waals surface area contributed by atoms with Crippen molar-refractivity contribution in [3.8, 4) is 11.3 Å².